The van der Waals surface area contributed by atoms with E-state index in [0.717, 1.165) is 68.2 Å². The largest absolute Gasteiger partial charge is 0.377 e. The van der Waals surface area contributed by atoms with E-state index in [1.807, 2.05) is 12.4 Å². The van der Waals surface area contributed by atoms with E-state index in [4.69, 9.17) is 15.0 Å². The van der Waals surface area contributed by atoms with E-state index in [-0.39, 0.29) is 16.9 Å². The normalized spacial score (nSPS) is 16.8. The minimum absolute atomic E-state index is 0.0357. The summed E-state index contributed by atoms with van der Waals surface area (Å²) in [6.45, 7) is 13.4. The summed E-state index contributed by atoms with van der Waals surface area (Å²) in [5.41, 5.74) is 13.8. The smallest absolute Gasteiger partial charge is 0.0986 e. The summed E-state index contributed by atoms with van der Waals surface area (Å²) in [6.07, 6.45) is 12.7. The molecule has 5 heterocycles. The van der Waals surface area contributed by atoms with Crippen molar-refractivity contribution < 1.29 is 0 Å². The van der Waals surface area contributed by atoms with Crippen LogP contribution in [0.25, 0.3) is 44.7 Å². The molecule has 7 heteroatoms. The van der Waals surface area contributed by atoms with Gasteiger partial charge < -0.3 is 20.3 Å². The zero-order valence-electron chi connectivity index (χ0n) is 26.2. The Kier molecular flexibility index (Phi) is 6.57. The minimum atomic E-state index is -0.0683. The molecule has 4 N–H and O–H groups in total. The number of aliphatic imine (C=N–C) groups is 1. The van der Waals surface area contributed by atoms with Crippen molar-refractivity contribution in [2.75, 3.05) is 0 Å². The number of benzene rings is 1. The Labute approximate surface area is 258 Å². The quantitative estimate of drug-likeness (QED) is 0.162. The van der Waals surface area contributed by atoms with E-state index in [9.17, 15) is 0 Å². The van der Waals surface area contributed by atoms with E-state index >= 15 is 0 Å². The maximum absolute atomic E-state index is 4.85. The molecule has 0 spiro atoms. The lowest BCUT2D eigenvalue weighted by Crippen LogP contribution is -2.38. The highest BCUT2D eigenvalue weighted by atomic mass is 15.0. The third-order valence-corrected chi connectivity index (χ3v) is 9.13. The van der Waals surface area contributed by atoms with Gasteiger partial charge in [0.1, 0.15) is 0 Å². The van der Waals surface area contributed by atoms with Gasteiger partial charge in [-0.05, 0) is 55.0 Å². The topological polar surface area (TPSA) is 97.5 Å². The van der Waals surface area contributed by atoms with Crippen LogP contribution in [-0.4, -0.2) is 36.7 Å². The van der Waals surface area contributed by atoms with Crippen molar-refractivity contribution in [3.63, 3.8) is 0 Å². The first-order valence-corrected chi connectivity index (χ1v) is 15.4. The Balaban J connectivity index is 1.25. The van der Waals surface area contributed by atoms with Crippen molar-refractivity contribution in [2.45, 2.75) is 64.8 Å². The summed E-state index contributed by atoms with van der Waals surface area (Å²) in [5.74, 6) is 0. The Morgan fingerprint density at radius 3 is 1.98 bits per heavy atom. The zero-order chi connectivity index (χ0) is 30.6. The number of nitrogens with one attached hydrogen (secondary N) is 4. The second-order valence-corrected chi connectivity index (χ2v) is 13.4. The van der Waals surface area contributed by atoms with Gasteiger partial charge in [-0.3, -0.25) is 15.0 Å². The molecule has 0 amide bonds. The second-order valence-electron chi connectivity index (χ2n) is 13.4. The zero-order valence-corrected chi connectivity index (χ0v) is 26.2. The molecule has 7 rings (SSSR count). The highest BCUT2D eigenvalue weighted by molar-refractivity contribution is 6.31. The predicted molar refractivity (Wildman–Crippen MR) is 181 cm³/mol. The van der Waals surface area contributed by atoms with Crippen LogP contribution in [0.4, 0.5) is 0 Å². The molecule has 1 atom stereocenters. The minimum Gasteiger partial charge on any atom is -0.377 e. The fourth-order valence-corrected chi connectivity index (χ4v) is 6.04. The summed E-state index contributed by atoms with van der Waals surface area (Å²) in [4.78, 5) is 25.4. The molecule has 0 fully saturated rings. The molecule has 0 bridgehead atoms. The molecule has 4 aromatic heterocycles. The summed E-state index contributed by atoms with van der Waals surface area (Å²) >= 11 is 0. The molecule has 0 saturated carbocycles. The van der Waals surface area contributed by atoms with Gasteiger partial charge in [-0.25, -0.2) is 0 Å². The van der Waals surface area contributed by atoms with E-state index in [0.29, 0.717) is 0 Å². The molecular weight excluding hydrogens is 542 g/mol. The first-order chi connectivity index (χ1) is 21.1. The maximum atomic E-state index is 4.85. The van der Waals surface area contributed by atoms with Gasteiger partial charge in [-0.1, -0.05) is 53.7 Å². The number of rotatable bonds is 6. The molecule has 0 saturated heterocycles. The third-order valence-electron chi connectivity index (χ3n) is 9.13. The summed E-state index contributed by atoms with van der Waals surface area (Å²) in [6, 6.07) is 17.2. The first-order valence-electron chi connectivity index (χ1n) is 15.4. The van der Waals surface area contributed by atoms with E-state index in [2.05, 4.69) is 122 Å². The van der Waals surface area contributed by atoms with Gasteiger partial charge in [0, 0.05) is 92.1 Å². The average molecular weight is 582 g/mol. The van der Waals surface area contributed by atoms with Crippen LogP contribution in [0.2, 0.25) is 0 Å². The van der Waals surface area contributed by atoms with Crippen LogP contribution in [0.15, 0.2) is 90.5 Å². The monoisotopic (exact) mass is 581 g/mol. The highest BCUT2D eigenvalue weighted by Crippen LogP contribution is 2.37. The van der Waals surface area contributed by atoms with Crippen LogP contribution in [0.5, 0.6) is 0 Å². The Hall–Kier alpha value is -4.91. The summed E-state index contributed by atoms with van der Waals surface area (Å²) in [5, 5.41) is 3.55. The maximum Gasteiger partial charge on any atom is 0.0986 e. The molecule has 0 radical (unpaired) electrons. The SMILES string of the molecule is CCC(C)(C)c1ccc(C2=CC=C(c3ccc(-c4ccc(-c5ccc(C(C)(C)C)[nH]5)c5nccnc45)[nH]3)C3NC=CN=C23)[nH]1. The highest BCUT2D eigenvalue weighted by Gasteiger charge is 2.31. The molecule has 1 aromatic carbocycles. The van der Waals surface area contributed by atoms with Crippen LogP contribution in [0.3, 0.4) is 0 Å². The van der Waals surface area contributed by atoms with Crippen molar-refractivity contribution in [3.05, 3.63) is 108 Å². The van der Waals surface area contributed by atoms with Crippen LogP contribution in [0, 0.1) is 0 Å². The molecule has 7 nitrogen and oxygen atoms in total. The van der Waals surface area contributed by atoms with Crippen molar-refractivity contribution >= 4 is 27.9 Å². The fourth-order valence-electron chi connectivity index (χ4n) is 6.04. The van der Waals surface area contributed by atoms with Crippen LogP contribution in [0.1, 0.15) is 70.7 Å². The van der Waals surface area contributed by atoms with Crippen LogP contribution < -0.4 is 5.32 Å². The van der Waals surface area contributed by atoms with Crippen molar-refractivity contribution in [1.82, 2.24) is 30.2 Å². The van der Waals surface area contributed by atoms with Crippen LogP contribution >= 0.6 is 0 Å². The van der Waals surface area contributed by atoms with Gasteiger partial charge in [-0.15, -0.1) is 0 Å². The molecule has 222 valence electrons. The first kappa shape index (κ1) is 27.9. The molecule has 5 aromatic rings. The number of hydrogen-bond donors (Lipinski definition) is 4. The predicted octanol–water partition coefficient (Wildman–Crippen LogP) is 8.30. The Morgan fingerprint density at radius 1 is 0.682 bits per heavy atom. The molecule has 44 heavy (non-hydrogen) atoms. The molecular formula is C37H39N7. The lowest BCUT2D eigenvalue weighted by Gasteiger charge is -2.29. The summed E-state index contributed by atoms with van der Waals surface area (Å²) in [7, 11) is 0. The van der Waals surface area contributed by atoms with Gasteiger partial charge in [-0.2, -0.15) is 0 Å². The number of aromatic nitrogens is 5. The molecule has 1 unspecified atom stereocenters. The van der Waals surface area contributed by atoms with Crippen LogP contribution in [-0.2, 0) is 10.8 Å². The van der Waals surface area contributed by atoms with Gasteiger partial charge in [0.25, 0.3) is 0 Å². The van der Waals surface area contributed by atoms with Crippen molar-refractivity contribution in [3.8, 4) is 22.5 Å². The molecule has 1 aliphatic heterocycles. The Morgan fingerprint density at radius 2 is 1.30 bits per heavy atom. The van der Waals surface area contributed by atoms with Gasteiger partial charge in [0.15, 0.2) is 0 Å². The van der Waals surface area contributed by atoms with E-state index < -0.39 is 0 Å². The van der Waals surface area contributed by atoms with Crippen molar-refractivity contribution in [2.24, 2.45) is 4.99 Å². The molecule has 2 aliphatic rings. The average Bonchev–Trinajstić information content (AvgIpc) is 3.81. The number of H-pyrrole nitrogens is 3. The standard InChI is InChI=1S/C37H39N7/c1-7-37(5,6)31-17-15-29(44-31)25-11-9-23(33-35(25)41-21-19-39-33)27-13-12-26(42-27)22-8-10-24(34-32(22)38-18-20-40-34)28-14-16-30(43-28)36(2,3)4/h8-21,33,39,42-44H,7H2,1-6H3. The number of aromatic amines is 3. The number of hydrogen-bond acceptors (Lipinski definition) is 4. The van der Waals surface area contributed by atoms with Gasteiger partial charge in [0.05, 0.1) is 22.8 Å². The second kappa shape index (κ2) is 10.4. The van der Waals surface area contributed by atoms with Crippen molar-refractivity contribution in [1.29, 1.82) is 0 Å². The Bertz CT molecular complexity index is 2000. The van der Waals surface area contributed by atoms with E-state index in [1.54, 1.807) is 12.4 Å². The molecule has 1 aliphatic carbocycles. The third kappa shape index (κ3) is 4.73. The van der Waals surface area contributed by atoms with Gasteiger partial charge in [0.2, 0.25) is 0 Å². The lowest BCUT2D eigenvalue weighted by atomic mass is 9.87. The number of nitrogens with zero attached hydrogens (tertiary/aromatic N) is 3. The summed E-state index contributed by atoms with van der Waals surface area (Å²) < 4.78 is 0. The van der Waals surface area contributed by atoms with E-state index in [1.165, 1.54) is 11.4 Å². The lowest BCUT2D eigenvalue weighted by molar-refractivity contribution is 0.493. The fraction of sp³-hybridized carbons (Fsp3) is 0.270. The number of allylic oxidation sites excluding steroid dienone is 2. The number of fused-ring (bicyclic) bond motifs is 2. The van der Waals surface area contributed by atoms with Gasteiger partial charge >= 0.3 is 0 Å².